The average molecular weight is 368 g/mol. The number of nitrogens with one attached hydrogen (secondary N) is 1. The van der Waals surface area contributed by atoms with E-state index in [1.165, 1.54) is 0 Å². The van der Waals surface area contributed by atoms with Gasteiger partial charge in [0.2, 0.25) is 0 Å². The molecule has 27 heavy (non-hydrogen) atoms. The second kappa shape index (κ2) is 7.53. The third-order valence-corrected chi connectivity index (χ3v) is 4.35. The first-order chi connectivity index (χ1) is 13.2. The highest BCUT2D eigenvalue weighted by molar-refractivity contribution is 5.80. The van der Waals surface area contributed by atoms with Crippen LogP contribution >= 0.6 is 0 Å². The molecule has 0 saturated carbocycles. The first kappa shape index (κ1) is 17.1. The van der Waals surface area contributed by atoms with Gasteiger partial charge in [-0.3, -0.25) is 9.48 Å². The highest BCUT2D eigenvalue weighted by Crippen LogP contribution is 2.25. The van der Waals surface area contributed by atoms with E-state index >= 15 is 0 Å². The monoisotopic (exact) mass is 368 g/mol. The number of ether oxygens (including phenoxy) is 2. The minimum absolute atomic E-state index is 0.0444. The molecule has 4 rings (SSSR count). The number of benzene rings is 1. The molecule has 2 N–H and O–H groups in total. The third-order valence-electron chi connectivity index (χ3n) is 4.35. The van der Waals surface area contributed by atoms with Crippen LogP contribution in [-0.2, 0) is 17.8 Å². The number of fused-ring (bicyclic) bond motifs is 2. The second-order valence-electron chi connectivity index (χ2n) is 6.26. The molecule has 1 aromatic carbocycles. The first-order valence-electron chi connectivity index (χ1n) is 8.86. The Morgan fingerprint density at radius 2 is 2.26 bits per heavy atom. The van der Waals surface area contributed by atoms with Crippen molar-refractivity contribution in [3.63, 3.8) is 0 Å². The van der Waals surface area contributed by atoms with Crippen molar-refractivity contribution in [2.24, 2.45) is 0 Å². The van der Waals surface area contributed by atoms with Crippen molar-refractivity contribution in [2.75, 3.05) is 25.1 Å². The summed E-state index contributed by atoms with van der Waals surface area (Å²) < 4.78 is 13.1. The number of carboxylic acid groups (broad SMARTS) is 1. The van der Waals surface area contributed by atoms with Crippen LogP contribution in [0.15, 0.2) is 36.5 Å². The zero-order valence-corrected chi connectivity index (χ0v) is 14.7. The Kier molecular flexibility index (Phi) is 4.78. The van der Waals surface area contributed by atoms with Gasteiger partial charge in [-0.15, -0.1) is 0 Å². The average Bonchev–Trinajstić information content (AvgIpc) is 3.08. The zero-order valence-electron chi connectivity index (χ0n) is 14.7. The van der Waals surface area contributed by atoms with Gasteiger partial charge in [-0.25, -0.2) is 4.98 Å². The number of rotatable bonds is 7. The minimum atomic E-state index is -0.837. The van der Waals surface area contributed by atoms with Gasteiger partial charge in [0.15, 0.2) is 11.6 Å². The van der Waals surface area contributed by atoms with E-state index in [9.17, 15) is 4.79 Å². The lowest BCUT2D eigenvalue weighted by Crippen LogP contribution is -2.19. The molecule has 0 saturated heterocycles. The Morgan fingerprint density at radius 1 is 1.33 bits per heavy atom. The smallest absolute Gasteiger partial charge is 0.305 e. The maximum atomic E-state index is 10.7. The normalized spacial score (nSPS) is 12.9. The highest BCUT2D eigenvalue weighted by Gasteiger charge is 2.11. The number of nitrogens with zero attached hydrogens (tertiary/aromatic N) is 3. The molecular formula is C19H20N4O4. The van der Waals surface area contributed by atoms with E-state index in [-0.39, 0.29) is 6.42 Å². The first-order valence-corrected chi connectivity index (χ1v) is 8.86. The van der Waals surface area contributed by atoms with Gasteiger partial charge in [-0.05, 0) is 30.3 Å². The molecule has 140 valence electrons. The van der Waals surface area contributed by atoms with Crippen molar-refractivity contribution in [3.05, 3.63) is 42.2 Å². The van der Waals surface area contributed by atoms with Gasteiger partial charge in [0.05, 0.1) is 37.8 Å². The molecule has 0 fully saturated rings. The minimum Gasteiger partial charge on any atom is -0.493 e. The number of pyridine rings is 1. The van der Waals surface area contributed by atoms with Crippen molar-refractivity contribution in [3.8, 4) is 11.5 Å². The fraction of sp³-hybridized carbons (Fsp3) is 0.316. The van der Waals surface area contributed by atoms with E-state index < -0.39 is 5.97 Å². The van der Waals surface area contributed by atoms with Crippen LogP contribution in [0.4, 0.5) is 5.82 Å². The Hall–Kier alpha value is -3.29. The molecule has 0 bridgehead atoms. The predicted molar refractivity (Wildman–Crippen MR) is 99.4 cm³/mol. The van der Waals surface area contributed by atoms with E-state index in [0.29, 0.717) is 26.2 Å². The summed E-state index contributed by atoms with van der Waals surface area (Å²) in [6.45, 7) is 2.28. The van der Waals surface area contributed by atoms with Gasteiger partial charge in [0.1, 0.15) is 12.4 Å². The van der Waals surface area contributed by atoms with Crippen LogP contribution < -0.4 is 14.8 Å². The van der Waals surface area contributed by atoms with E-state index in [4.69, 9.17) is 14.6 Å². The van der Waals surface area contributed by atoms with Crippen molar-refractivity contribution >= 4 is 22.7 Å². The van der Waals surface area contributed by atoms with Crippen molar-refractivity contribution in [1.29, 1.82) is 0 Å². The van der Waals surface area contributed by atoms with Gasteiger partial charge in [-0.2, -0.15) is 5.10 Å². The number of hydrogen-bond donors (Lipinski definition) is 2. The van der Waals surface area contributed by atoms with Gasteiger partial charge in [0, 0.05) is 17.5 Å². The SMILES string of the molecule is O=C(O)CCn1ncc2cc(OCCc3ccc4c(n3)NCCO4)ccc21. The molecule has 0 aliphatic carbocycles. The lowest BCUT2D eigenvalue weighted by Gasteiger charge is -2.18. The molecule has 8 nitrogen and oxygen atoms in total. The maximum Gasteiger partial charge on any atom is 0.305 e. The molecule has 1 aliphatic heterocycles. The predicted octanol–water partition coefficient (Wildman–Crippen LogP) is 2.33. The van der Waals surface area contributed by atoms with Crippen molar-refractivity contribution in [1.82, 2.24) is 14.8 Å². The lowest BCUT2D eigenvalue weighted by atomic mass is 10.2. The Morgan fingerprint density at radius 3 is 3.15 bits per heavy atom. The van der Waals surface area contributed by atoms with Gasteiger partial charge in [-0.1, -0.05) is 0 Å². The standard InChI is InChI=1S/C19H20N4O4/c24-18(25)5-8-23-16-3-2-15(11-13(16)12-21-23)26-9-6-14-1-4-17-19(22-14)20-7-10-27-17/h1-4,11-12H,5-10H2,(H,20,22)(H,24,25). The van der Waals surface area contributed by atoms with E-state index in [1.54, 1.807) is 10.9 Å². The van der Waals surface area contributed by atoms with Crippen LogP contribution in [-0.4, -0.2) is 45.6 Å². The van der Waals surface area contributed by atoms with Crippen LogP contribution in [0.5, 0.6) is 11.5 Å². The van der Waals surface area contributed by atoms with Crippen LogP contribution in [0.1, 0.15) is 12.1 Å². The number of hydrogen-bond acceptors (Lipinski definition) is 6. The number of aryl methyl sites for hydroxylation is 1. The fourth-order valence-electron chi connectivity index (χ4n) is 3.01. The van der Waals surface area contributed by atoms with Crippen molar-refractivity contribution < 1.29 is 19.4 Å². The molecular weight excluding hydrogens is 348 g/mol. The van der Waals surface area contributed by atoms with E-state index in [2.05, 4.69) is 15.4 Å². The molecule has 0 atom stereocenters. The fourth-order valence-corrected chi connectivity index (χ4v) is 3.01. The number of anilines is 1. The summed E-state index contributed by atoms with van der Waals surface area (Å²) in [5.41, 5.74) is 1.83. The van der Waals surface area contributed by atoms with E-state index in [1.807, 2.05) is 30.3 Å². The van der Waals surface area contributed by atoms with Crippen molar-refractivity contribution in [2.45, 2.75) is 19.4 Å². The summed E-state index contributed by atoms with van der Waals surface area (Å²) in [7, 11) is 0. The summed E-state index contributed by atoms with van der Waals surface area (Å²) in [6, 6.07) is 9.57. The Bertz CT molecular complexity index is 969. The topological polar surface area (TPSA) is 98.5 Å². The van der Waals surface area contributed by atoms with Crippen LogP contribution in [0.2, 0.25) is 0 Å². The molecule has 3 aromatic rings. The lowest BCUT2D eigenvalue weighted by molar-refractivity contribution is -0.137. The summed E-state index contributed by atoms with van der Waals surface area (Å²) in [4.78, 5) is 15.3. The highest BCUT2D eigenvalue weighted by atomic mass is 16.5. The summed E-state index contributed by atoms with van der Waals surface area (Å²) in [5.74, 6) is 1.49. The van der Waals surface area contributed by atoms with Crippen LogP contribution in [0.3, 0.4) is 0 Å². The molecule has 0 radical (unpaired) electrons. The quantitative estimate of drug-likeness (QED) is 0.660. The molecule has 8 heteroatoms. The molecule has 3 heterocycles. The van der Waals surface area contributed by atoms with Crippen LogP contribution in [0, 0.1) is 0 Å². The van der Waals surface area contributed by atoms with Gasteiger partial charge < -0.3 is 19.9 Å². The molecule has 0 unspecified atom stereocenters. The number of carboxylic acids is 1. The van der Waals surface area contributed by atoms with Crippen LogP contribution in [0.25, 0.3) is 10.9 Å². The maximum absolute atomic E-state index is 10.7. The number of aliphatic carboxylic acids is 1. The molecule has 1 aliphatic rings. The number of aromatic nitrogens is 3. The Labute approximate surface area is 155 Å². The summed E-state index contributed by atoms with van der Waals surface area (Å²) in [5, 5.41) is 17.2. The Balaban J connectivity index is 1.37. The van der Waals surface area contributed by atoms with Gasteiger partial charge >= 0.3 is 5.97 Å². The molecule has 0 amide bonds. The molecule has 2 aromatic heterocycles. The molecule has 0 spiro atoms. The van der Waals surface area contributed by atoms with Gasteiger partial charge in [0.25, 0.3) is 0 Å². The zero-order chi connectivity index (χ0) is 18.6. The largest absolute Gasteiger partial charge is 0.493 e. The number of carbonyl (C=O) groups is 1. The summed E-state index contributed by atoms with van der Waals surface area (Å²) >= 11 is 0. The third kappa shape index (κ3) is 3.94. The summed E-state index contributed by atoms with van der Waals surface area (Å²) in [6.07, 6.45) is 2.45. The van der Waals surface area contributed by atoms with E-state index in [0.717, 1.165) is 40.5 Å². The second-order valence-corrected chi connectivity index (χ2v) is 6.26.